The van der Waals surface area contributed by atoms with Crippen LogP contribution < -0.4 is 15.2 Å². The summed E-state index contributed by atoms with van der Waals surface area (Å²) < 4.78 is 24.1. The molecule has 0 fully saturated rings. The number of ether oxygens (including phenoxy) is 2. The Morgan fingerprint density at radius 2 is 1.72 bits per heavy atom. The Labute approximate surface area is 108 Å². The Bertz CT molecular complexity index is 411. The van der Waals surface area contributed by atoms with E-state index in [-0.39, 0.29) is 0 Å². The van der Waals surface area contributed by atoms with E-state index in [1.54, 1.807) is 19.2 Å². The van der Waals surface area contributed by atoms with Gasteiger partial charge in [-0.1, -0.05) is 0 Å². The summed E-state index contributed by atoms with van der Waals surface area (Å²) in [6.07, 6.45) is -0.487. The van der Waals surface area contributed by atoms with E-state index in [1.165, 1.54) is 14.0 Å². The van der Waals surface area contributed by atoms with Gasteiger partial charge in [0.15, 0.2) is 11.5 Å². The highest BCUT2D eigenvalue weighted by Gasteiger charge is 2.20. The smallest absolute Gasteiger partial charge is 0.161 e. The predicted octanol–water partition coefficient (Wildman–Crippen LogP) is 3.01. The SMILES string of the molecule is COc1cc(CC(C)(C)N)c(C(C)F)cc1OC. The molecule has 1 unspecified atom stereocenters. The van der Waals surface area contributed by atoms with Crippen LogP contribution >= 0.6 is 0 Å². The van der Waals surface area contributed by atoms with Gasteiger partial charge in [-0.25, -0.2) is 4.39 Å². The van der Waals surface area contributed by atoms with E-state index in [0.29, 0.717) is 23.5 Å². The van der Waals surface area contributed by atoms with Gasteiger partial charge in [0.2, 0.25) is 0 Å². The van der Waals surface area contributed by atoms with Gasteiger partial charge in [-0.15, -0.1) is 0 Å². The Morgan fingerprint density at radius 3 is 2.11 bits per heavy atom. The van der Waals surface area contributed by atoms with E-state index >= 15 is 0 Å². The molecule has 102 valence electrons. The van der Waals surface area contributed by atoms with Crippen LogP contribution in [0.4, 0.5) is 4.39 Å². The lowest BCUT2D eigenvalue weighted by molar-refractivity contribution is 0.344. The molecule has 0 spiro atoms. The van der Waals surface area contributed by atoms with E-state index in [2.05, 4.69) is 0 Å². The summed E-state index contributed by atoms with van der Waals surface area (Å²) in [6, 6.07) is 3.49. The van der Waals surface area contributed by atoms with Crippen molar-refractivity contribution in [3.05, 3.63) is 23.3 Å². The summed E-state index contributed by atoms with van der Waals surface area (Å²) in [6.45, 7) is 5.33. The van der Waals surface area contributed by atoms with E-state index in [1.807, 2.05) is 13.8 Å². The molecule has 0 saturated heterocycles. The van der Waals surface area contributed by atoms with E-state index in [4.69, 9.17) is 15.2 Å². The molecular formula is C14H22FNO2. The van der Waals surface area contributed by atoms with E-state index in [9.17, 15) is 4.39 Å². The van der Waals surface area contributed by atoms with Crippen molar-refractivity contribution in [2.45, 2.75) is 38.9 Å². The lowest BCUT2D eigenvalue weighted by atomic mass is 9.91. The van der Waals surface area contributed by atoms with Gasteiger partial charge in [-0.2, -0.15) is 0 Å². The third-order valence-corrected chi connectivity index (χ3v) is 2.72. The Morgan fingerprint density at radius 1 is 1.22 bits per heavy atom. The van der Waals surface area contributed by atoms with Crippen LogP contribution in [0.1, 0.15) is 38.1 Å². The average molecular weight is 255 g/mol. The number of alkyl halides is 1. The van der Waals surface area contributed by atoms with Crippen LogP contribution in [0.25, 0.3) is 0 Å². The number of nitrogens with two attached hydrogens (primary N) is 1. The van der Waals surface area contributed by atoms with Crippen LogP contribution in [-0.4, -0.2) is 19.8 Å². The topological polar surface area (TPSA) is 44.5 Å². The third-order valence-electron chi connectivity index (χ3n) is 2.72. The zero-order valence-corrected chi connectivity index (χ0v) is 11.7. The molecule has 1 aromatic carbocycles. The van der Waals surface area contributed by atoms with Crippen LogP contribution in [0.15, 0.2) is 12.1 Å². The van der Waals surface area contributed by atoms with Crippen molar-refractivity contribution in [1.29, 1.82) is 0 Å². The van der Waals surface area contributed by atoms with Crippen molar-refractivity contribution in [1.82, 2.24) is 0 Å². The van der Waals surface area contributed by atoms with Gasteiger partial charge in [0.25, 0.3) is 0 Å². The maximum atomic E-state index is 13.7. The van der Waals surface area contributed by atoms with Gasteiger partial charge in [-0.05, 0) is 50.5 Å². The summed E-state index contributed by atoms with van der Waals surface area (Å²) in [5.41, 5.74) is 7.06. The fourth-order valence-electron chi connectivity index (χ4n) is 1.95. The van der Waals surface area contributed by atoms with Crippen molar-refractivity contribution >= 4 is 0 Å². The zero-order chi connectivity index (χ0) is 13.9. The quantitative estimate of drug-likeness (QED) is 0.879. The Kier molecular flexibility index (Phi) is 4.57. The first-order valence-corrected chi connectivity index (χ1v) is 5.96. The molecule has 0 aliphatic carbocycles. The molecule has 0 radical (unpaired) electrons. The summed E-state index contributed by atoms with van der Waals surface area (Å²) in [7, 11) is 3.10. The number of methoxy groups -OCH3 is 2. The van der Waals surface area contributed by atoms with E-state index in [0.717, 1.165) is 5.56 Å². The lowest BCUT2D eigenvalue weighted by Crippen LogP contribution is -2.34. The van der Waals surface area contributed by atoms with Crippen molar-refractivity contribution in [3.63, 3.8) is 0 Å². The van der Waals surface area contributed by atoms with Gasteiger partial charge in [0.1, 0.15) is 6.17 Å². The second-order valence-corrected chi connectivity index (χ2v) is 5.19. The first-order chi connectivity index (χ1) is 8.28. The minimum absolute atomic E-state index is 0.400. The molecule has 0 saturated carbocycles. The molecule has 2 N–H and O–H groups in total. The number of halogens is 1. The molecule has 18 heavy (non-hydrogen) atoms. The molecule has 1 atom stereocenters. The lowest BCUT2D eigenvalue weighted by Gasteiger charge is -2.22. The average Bonchev–Trinajstić information content (AvgIpc) is 2.25. The number of hydrogen-bond acceptors (Lipinski definition) is 3. The molecular weight excluding hydrogens is 233 g/mol. The molecule has 0 amide bonds. The fraction of sp³-hybridized carbons (Fsp3) is 0.571. The summed E-state index contributed by atoms with van der Waals surface area (Å²) in [4.78, 5) is 0. The first-order valence-electron chi connectivity index (χ1n) is 5.96. The highest BCUT2D eigenvalue weighted by Crippen LogP contribution is 2.35. The third kappa shape index (κ3) is 3.60. The van der Waals surface area contributed by atoms with Crippen molar-refractivity contribution in [2.24, 2.45) is 5.73 Å². The number of hydrogen-bond donors (Lipinski definition) is 1. The Balaban J connectivity index is 3.29. The molecule has 0 aromatic heterocycles. The predicted molar refractivity (Wildman–Crippen MR) is 71.0 cm³/mol. The van der Waals surface area contributed by atoms with Gasteiger partial charge in [0.05, 0.1) is 14.2 Å². The van der Waals surface area contributed by atoms with Crippen molar-refractivity contribution in [2.75, 3.05) is 14.2 Å². The zero-order valence-electron chi connectivity index (χ0n) is 11.7. The number of benzene rings is 1. The molecule has 0 bridgehead atoms. The monoisotopic (exact) mass is 255 g/mol. The molecule has 4 heteroatoms. The van der Waals surface area contributed by atoms with Gasteiger partial charge < -0.3 is 15.2 Å². The standard InChI is InChI=1S/C14H22FNO2/c1-9(15)11-7-13(18-5)12(17-4)6-10(11)8-14(2,3)16/h6-7,9H,8,16H2,1-5H3. The van der Waals surface area contributed by atoms with Crippen LogP contribution in [-0.2, 0) is 6.42 Å². The fourth-order valence-corrected chi connectivity index (χ4v) is 1.95. The van der Waals surface area contributed by atoms with Crippen LogP contribution in [0.2, 0.25) is 0 Å². The first kappa shape index (κ1) is 14.8. The molecule has 0 heterocycles. The van der Waals surface area contributed by atoms with Crippen LogP contribution in [0, 0.1) is 0 Å². The van der Waals surface area contributed by atoms with Gasteiger partial charge in [0, 0.05) is 5.54 Å². The molecule has 3 nitrogen and oxygen atoms in total. The second-order valence-electron chi connectivity index (χ2n) is 5.19. The highest BCUT2D eigenvalue weighted by atomic mass is 19.1. The molecule has 0 aliphatic rings. The van der Waals surface area contributed by atoms with Gasteiger partial charge >= 0.3 is 0 Å². The largest absolute Gasteiger partial charge is 0.493 e. The number of rotatable bonds is 5. The minimum Gasteiger partial charge on any atom is -0.493 e. The molecule has 1 rings (SSSR count). The molecule has 0 aliphatic heterocycles. The minimum atomic E-state index is -1.07. The van der Waals surface area contributed by atoms with Gasteiger partial charge in [-0.3, -0.25) is 0 Å². The second kappa shape index (κ2) is 5.57. The maximum absolute atomic E-state index is 13.7. The van der Waals surface area contributed by atoms with Crippen molar-refractivity contribution < 1.29 is 13.9 Å². The summed E-state index contributed by atoms with van der Waals surface area (Å²) in [5, 5.41) is 0. The van der Waals surface area contributed by atoms with E-state index < -0.39 is 11.7 Å². The van der Waals surface area contributed by atoms with Crippen molar-refractivity contribution in [3.8, 4) is 11.5 Å². The normalized spacial score (nSPS) is 13.3. The summed E-state index contributed by atoms with van der Waals surface area (Å²) >= 11 is 0. The molecule has 1 aromatic rings. The highest BCUT2D eigenvalue weighted by molar-refractivity contribution is 5.48. The van der Waals surface area contributed by atoms with Crippen LogP contribution in [0.3, 0.4) is 0 Å². The maximum Gasteiger partial charge on any atom is 0.161 e. The van der Waals surface area contributed by atoms with Crippen LogP contribution in [0.5, 0.6) is 11.5 Å². The Hall–Kier alpha value is -1.29. The summed E-state index contributed by atoms with van der Waals surface area (Å²) in [5.74, 6) is 1.14.